The minimum Gasteiger partial charge on any atom is -0.463 e. The Balaban J connectivity index is 1.77. The molecule has 12 nitrogen and oxygen atoms in total. The van der Waals surface area contributed by atoms with Crippen molar-refractivity contribution < 1.29 is 33.3 Å². The fourth-order valence-corrected chi connectivity index (χ4v) is 6.66. The number of aromatic nitrogens is 5. The van der Waals surface area contributed by atoms with Crippen molar-refractivity contribution in [1.29, 1.82) is 0 Å². The second kappa shape index (κ2) is 14.0. The topological polar surface area (TPSA) is 145 Å². The first-order valence-electron chi connectivity index (χ1n) is 13.1. The van der Waals surface area contributed by atoms with Crippen LogP contribution in [0.2, 0.25) is 24.8 Å². The second-order valence-electron chi connectivity index (χ2n) is 10.6. The van der Waals surface area contributed by atoms with Gasteiger partial charge in [-0.2, -0.15) is 0 Å². The summed E-state index contributed by atoms with van der Waals surface area (Å²) >= 11 is 8.52. The molecule has 1 fully saturated rings. The third-order valence-corrected chi connectivity index (χ3v) is 8.90. The maximum Gasteiger partial charge on any atom is 0.303 e. The number of carbonyl (C=O) groups excluding carboxylic acids is 3. The van der Waals surface area contributed by atoms with Gasteiger partial charge in [-0.3, -0.25) is 19.4 Å². The summed E-state index contributed by atoms with van der Waals surface area (Å²) in [5.41, 5.74) is 3.58. The van der Waals surface area contributed by atoms with Gasteiger partial charge in [-0.1, -0.05) is 54.1 Å². The number of thiazole rings is 1. The van der Waals surface area contributed by atoms with Crippen LogP contribution in [0.1, 0.15) is 32.4 Å². The molecule has 0 radical (unpaired) electrons. The normalized spacial score (nSPS) is 21.8. The average molecular weight is 664 g/mol. The highest BCUT2D eigenvalue weighted by atomic mass is 35.5. The lowest BCUT2D eigenvalue weighted by Crippen LogP contribution is -2.57. The third-order valence-electron chi connectivity index (χ3n) is 5.73. The molecule has 0 aliphatic carbocycles. The number of carbonyl (C=O) groups is 3. The summed E-state index contributed by atoms with van der Waals surface area (Å²) in [5, 5.41) is 11.0. The van der Waals surface area contributed by atoms with E-state index in [1.807, 2.05) is 6.07 Å². The fraction of sp³-hybridized carbons (Fsp3) is 0.444. The van der Waals surface area contributed by atoms with E-state index in [4.69, 9.17) is 30.5 Å². The van der Waals surface area contributed by atoms with E-state index in [0.717, 1.165) is 5.56 Å². The molecule has 0 bridgehead atoms. The van der Waals surface area contributed by atoms with E-state index in [2.05, 4.69) is 51.4 Å². The summed E-state index contributed by atoms with van der Waals surface area (Å²) in [6.45, 7) is 9.97. The quantitative estimate of drug-likeness (QED) is 0.148. The van der Waals surface area contributed by atoms with Gasteiger partial charge < -0.3 is 18.9 Å². The van der Waals surface area contributed by atoms with Crippen molar-refractivity contribution in [2.45, 2.75) is 75.1 Å². The Hall–Kier alpha value is -3.29. The molecular weight excluding hydrogens is 634 g/mol. The summed E-state index contributed by atoms with van der Waals surface area (Å²) in [6.07, 6.45) is 1.84. The lowest BCUT2D eigenvalue weighted by molar-refractivity contribution is -0.212. The van der Waals surface area contributed by atoms with Gasteiger partial charge in [0.15, 0.2) is 12.2 Å². The van der Waals surface area contributed by atoms with Gasteiger partial charge in [0.25, 0.3) is 0 Å². The summed E-state index contributed by atoms with van der Waals surface area (Å²) in [6, 6.07) is 0.937. The molecule has 16 heteroatoms. The summed E-state index contributed by atoms with van der Waals surface area (Å²) < 4.78 is 24.6. The number of hydrogen-bond donors (Lipinski definition) is 0. The van der Waals surface area contributed by atoms with E-state index < -0.39 is 55.8 Å². The Labute approximate surface area is 262 Å². The predicted molar refractivity (Wildman–Crippen MR) is 162 cm³/mol. The molecule has 1 aliphatic rings. The molecule has 5 atom stereocenters. The van der Waals surface area contributed by atoms with Crippen molar-refractivity contribution >= 4 is 60.7 Å². The Kier molecular flexibility index (Phi) is 10.6. The largest absolute Gasteiger partial charge is 0.463 e. The maximum atomic E-state index is 12.4. The molecule has 3 aromatic heterocycles. The molecule has 228 valence electrons. The molecule has 2 unspecified atom stereocenters. The number of thioether (sulfide) groups is 1. The Bertz CT molecular complexity index is 1550. The van der Waals surface area contributed by atoms with Gasteiger partial charge in [0.2, 0.25) is 0 Å². The molecule has 0 aromatic carbocycles. The Morgan fingerprint density at radius 1 is 1.12 bits per heavy atom. The van der Waals surface area contributed by atoms with E-state index in [1.165, 1.54) is 48.6 Å². The van der Waals surface area contributed by atoms with Gasteiger partial charge in [0.1, 0.15) is 48.1 Å². The van der Waals surface area contributed by atoms with Crippen molar-refractivity contribution in [1.82, 2.24) is 25.0 Å². The van der Waals surface area contributed by atoms with Crippen molar-refractivity contribution in [2.24, 2.45) is 0 Å². The molecule has 0 saturated carbocycles. The van der Waals surface area contributed by atoms with Crippen LogP contribution in [0.15, 0.2) is 34.9 Å². The molecule has 4 heterocycles. The highest BCUT2D eigenvalue weighted by Gasteiger charge is 2.52. The average Bonchev–Trinajstić information content (AvgIpc) is 3.56. The van der Waals surface area contributed by atoms with Crippen molar-refractivity contribution in [3.8, 4) is 22.2 Å². The molecule has 3 aromatic rings. The van der Waals surface area contributed by atoms with Crippen LogP contribution in [0.5, 0.6) is 0 Å². The summed E-state index contributed by atoms with van der Waals surface area (Å²) in [4.78, 5) is 45.7. The van der Waals surface area contributed by atoms with Gasteiger partial charge in [0, 0.05) is 49.0 Å². The van der Waals surface area contributed by atoms with Gasteiger partial charge in [0.05, 0.1) is 6.20 Å². The zero-order valence-corrected chi connectivity index (χ0v) is 27.7. The zero-order chi connectivity index (χ0) is 31.3. The molecule has 0 amide bonds. The first kappa shape index (κ1) is 32.6. The zero-order valence-electron chi connectivity index (χ0n) is 24.3. The van der Waals surface area contributed by atoms with Gasteiger partial charge in [-0.05, 0) is 6.07 Å². The molecule has 1 aliphatic heterocycles. The molecule has 0 N–H and O–H groups in total. The standard InChI is InChI=1S/C27H30ClN5O7S2Si/c1-15(34)37-13-21-24(38-16(2)35)23(33-12-20(31-32-33)26-30-22(28)14-41-26)25(39-17(3)36)27(40-21)42-19-9-18(10-29-11-19)7-8-43(4,5)6/h9-12,14,21,23-25,27H,13H2,1-6H3/t21?,23?,24-,25-,27+/m0/s1. The number of rotatable bonds is 8. The molecule has 4 rings (SSSR count). The van der Waals surface area contributed by atoms with Crippen molar-refractivity contribution in [3.63, 3.8) is 0 Å². The van der Waals surface area contributed by atoms with Crippen LogP contribution in [-0.4, -0.2) is 81.3 Å². The van der Waals surface area contributed by atoms with Crippen LogP contribution in [0, 0.1) is 11.5 Å². The van der Waals surface area contributed by atoms with Crippen molar-refractivity contribution in [3.05, 3.63) is 40.8 Å². The Morgan fingerprint density at radius 3 is 2.47 bits per heavy atom. The number of hydrogen-bond acceptors (Lipinski definition) is 13. The van der Waals surface area contributed by atoms with E-state index in [0.29, 0.717) is 20.8 Å². The van der Waals surface area contributed by atoms with E-state index in [9.17, 15) is 14.4 Å². The molecule has 1 saturated heterocycles. The van der Waals surface area contributed by atoms with Gasteiger partial charge in [-0.25, -0.2) is 9.67 Å². The first-order valence-corrected chi connectivity index (χ1v) is 18.7. The van der Waals surface area contributed by atoms with E-state index in [-0.39, 0.29) is 6.61 Å². The Morgan fingerprint density at radius 2 is 1.84 bits per heavy atom. The second-order valence-corrected chi connectivity index (χ2v) is 17.7. The SMILES string of the molecule is CC(=O)OCC1O[C@H](Sc2cncc(C#C[Si](C)(C)C)c2)[C@@H](OC(C)=O)C(n2cc(-c3nc(Cl)cs3)nn2)[C@H]1OC(C)=O. The van der Waals surface area contributed by atoms with Crippen LogP contribution in [0.3, 0.4) is 0 Å². The monoisotopic (exact) mass is 663 g/mol. The van der Waals surface area contributed by atoms with E-state index >= 15 is 0 Å². The first-order chi connectivity index (χ1) is 20.3. The lowest BCUT2D eigenvalue weighted by atomic mass is 9.96. The summed E-state index contributed by atoms with van der Waals surface area (Å²) in [7, 11) is -1.63. The van der Waals surface area contributed by atoms with E-state index in [1.54, 1.807) is 24.0 Å². The fourth-order valence-electron chi connectivity index (χ4n) is 4.12. The van der Waals surface area contributed by atoms with Gasteiger partial charge in [-0.15, -0.1) is 22.0 Å². The predicted octanol–water partition coefficient (Wildman–Crippen LogP) is 4.16. The maximum absolute atomic E-state index is 12.4. The lowest BCUT2D eigenvalue weighted by Gasteiger charge is -2.44. The molecular formula is C27H30ClN5O7S2Si. The third kappa shape index (κ3) is 9.10. The van der Waals surface area contributed by atoms with Crippen LogP contribution in [-0.2, 0) is 33.3 Å². The molecule has 43 heavy (non-hydrogen) atoms. The number of ether oxygens (including phenoxy) is 4. The minimum atomic E-state index is -1.63. The number of esters is 3. The number of pyridine rings is 1. The van der Waals surface area contributed by atoms with Crippen LogP contribution in [0.25, 0.3) is 10.7 Å². The van der Waals surface area contributed by atoms with Crippen LogP contribution < -0.4 is 0 Å². The van der Waals surface area contributed by atoms with Crippen LogP contribution >= 0.6 is 34.7 Å². The van der Waals surface area contributed by atoms with Crippen molar-refractivity contribution in [2.75, 3.05) is 6.61 Å². The molecule has 0 spiro atoms. The highest BCUT2D eigenvalue weighted by molar-refractivity contribution is 7.99. The number of halogens is 1. The smallest absolute Gasteiger partial charge is 0.303 e. The minimum absolute atomic E-state index is 0.239. The highest BCUT2D eigenvalue weighted by Crippen LogP contribution is 2.41. The summed E-state index contributed by atoms with van der Waals surface area (Å²) in [5.74, 6) is 1.43. The van der Waals surface area contributed by atoms with Crippen LogP contribution in [0.4, 0.5) is 0 Å². The number of nitrogens with zero attached hydrogens (tertiary/aromatic N) is 5. The van der Waals surface area contributed by atoms with Gasteiger partial charge >= 0.3 is 17.9 Å².